The van der Waals surface area contributed by atoms with E-state index in [2.05, 4.69) is 10.6 Å². The Morgan fingerprint density at radius 3 is 2.39 bits per heavy atom. The van der Waals surface area contributed by atoms with E-state index in [9.17, 15) is 9.59 Å². The summed E-state index contributed by atoms with van der Waals surface area (Å²) in [4.78, 5) is 22.8. The topological polar surface area (TPSA) is 98.7 Å². The number of aliphatic hydroxyl groups excluding tert-OH is 1. The third-order valence-corrected chi connectivity index (χ3v) is 3.44. The highest BCUT2D eigenvalue weighted by molar-refractivity contribution is 5.94. The molecular formula is C17H26N2O4. The molecular weight excluding hydrogens is 296 g/mol. The molecule has 4 N–H and O–H groups in total. The fraction of sp³-hybridized carbons (Fsp3) is 0.529. The van der Waals surface area contributed by atoms with Crippen LogP contribution in [0.2, 0.25) is 0 Å². The molecule has 0 spiro atoms. The largest absolute Gasteiger partial charge is 0.368 e. The quantitative estimate of drug-likeness (QED) is 0.276. The van der Waals surface area contributed by atoms with E-state index in [1.54, 1.807) is 12.1 Å². The summed E-state index contributed by atoms with van der Waals surface area (Å²) in [6.07, 6.45) is 1.55. The van der Waals surface area contributed by atoms with Crippen molar-refractivity contribution in [3.05, 3.63) is 35.4 Å². The first kappa shape index (κ1) is 19.3. The molecule has 0 unspecified atom stereocenters. The van der Waals surface area contributed by atoms with E-state index in [1.165, 1.54) is 6.92 Å². The molecule has 0 aliphatic carbocycles. The first-order valence-corrected chi connectivity index (χ1v) is 7.92. The van der Waals surface area contributed by atoms with Gasteiger partial charge < -0.3 is 20.8 Å². The average Bonchev–Trinajstić information content (AvgIpc) is 2.51. The van der Waals surface area contributed by atoms with Gasteiger partial charge in [0.2, 0.25) is 5.91 Å². The van der Waals surface area contributed by atoms with E-state index >= 15 is 0 Å². The van der Waals surface area contributed by atoms with Crippen LogP contribution in [-0.4, -0.2) is 41.3 Å². The number of Topliss-reactive ketones (excluding diaryl/α,β-unsaturated/α-hetero) is 1. The van der Waals surface area contributed by atoms with Crippen LogP contribution >= 0.6 is 0 Å². The molecule has 1 aromatic rings. The number of nitrogens with one attached hydrogen (secondary N) is 2. The van der Waals surface area contributed by atoms with Crippen molar-refractivity contribution in [2.75, 3.05) is 13.1 Å². The molecule has 1 aromatic carbocycles. The Morgan fingerprint density at radius 1 is 1.09 bits per heavy atom. The number of hydrogen-bond acceptors (Lipinski definition) is 5. The van der Waals surface area contributed by atoms with Crippen molar-refractivity contribution >= 4 is 11.7 Å². The molecule has 6 heteroatoms. The minimum absolute atomic E-state index is 0.0392. The van der Waals surface area contributed by atoms with E-state index in [0.29, 0.717) is 25.1 Å². The summed E-state index contributed by atoms with van der Waals surface area (Å²) in [5.41, 5.74) is 1.70. The molecule has 0 aliphatic rings. The third-order valence-electron chi connectivity index (χ3n) is 3.44. The van der Waals surface area contributed by atoms with Gasteiger partial charge in [-0.25, -0.2) is 0 Å². The van der Waals surface area contributed by atoms with Gasteiger partial charge in [-0.3, -0.25) is 9.59 Å². The predicted molar refractivity (Wildman–Crippen MR) is 87.9 cm³/mol. The van der Waals surface area contributed by atoms with Gasteiger partial charge in [0.15, 0.2) is 12.1 Å². The Labute approximate surface area is 136 Å². The molecule has 0 saturated heterocycles. The van der Waals surface area contributed by atoms with E-state index in [1.807, 2.05) is 12.1 Å². The number of carbonyl (C=O) groups is 2. The van der Waals surface area contributed by atoms with Gasteiger partial charge in [0, 0.05) is 18.7 Å². The lowest BCUT2D eigenvalue weighted by Crippen LogP contribution is -2.34. The number of ketones is 1. The smallest absolute Gasteiger partial charge is 0.233 e. The maximum absolute atomic E-state index is 11.6. The molecule has 128 valence electrons. The highest BCUT2D eigenvalue weighted by Gasteiger charge is 2.02. The van der Waals surface area contributed by atoms with Gasteiger partial charge in [0.1, 0.15) is 0 Å². The SMILES string of the molecule is CC(=O)c1ccc(CNCC(=O)NCCCCCC(O)O)cc1. The van der Waals surface area contributed by atoms with Crippen molar-refractivity contribution in [2.45, 2.75) is 45.4 Å². The molecule has 23 heavy (non-hydrogen) atoms. The second-order valence-electron chi connectivity index (χ2n) is 5.54. The van der Waals surface area contributed by atoms with Crippen LogP contribution in [0.4, 0.5) is 0 Å². The number of carbonyl (C=O) groups excluding carboxylic acids is 2. The van der Waals surface area contributed by atoms with Crippen LogP contribution in [0, 0.1) is 0 Å². The number of amides is 1. The summed E-state index contributed by atoms with van der Waals surface area (Å²) in [6.45, 7) is 2.93. The van der Waals surface area contributed by atoms with Gasteiger partial charge in [-0.1, -0.05) is 30.7 Å². The van der Waals surface area contributed by atoms with Crippen LogP contribution in [0.25, 0.3) is 0 Å². The Kier molecular flexibility index (Phi) is 9.12. The highest BCUT2D eigenvalue weighted by atomic mass is 16.5. The lowest BCUT2D eigenvalue weighted by Gasteiger charge is -2.07. The lowest BCUT2D eigenvalue weighted by molar-refractivity contribution is -0.120. The van der Waals surface area contributed by atoms with E-state index in [4.69, 9.17) is 10.2 Å². The second kappa shape index (κ2) is 10.9. The molecule has 0 bridgehead atoms. The first-order valence-electron chi connectivity index (χ1n) is 7.92. The van der Waals surface area contributed by atoms with Crippen LogP contribution in [0.5, 0.6) is 0 Å². The second-order valence-corrected chi connectivity index (χ2v) is 5.54. The Morgan fingerprint density at radius 2 is 1.78 bits per heavy atom. The molecule has 0 atom stereocenters. The molecule has 0 radical (unpaired) electrons. The summed E-state index contributed by atoms with van der Waals surface area (Å²) in [5, 5.41) is 23.2. The predicted octanol–water partition coefficient (Wildman–Crippen LogP) is 0.966. The Hall–Kier alpha value is -1.76. The molecule has 0 aromatic heterocycles. The molecule has 1 rings (SSSR count). The summed E-state index contributed by atoms with van der Waals surface area (Å²) >= 11 is 0. The number of benzene rings is 1. The van der Waals surface area contributed by atoms with Gasteiger partial charge in [-0.15, -0.1) is 0 Å². The van der Waals surface area contributed by atoms with Crippen LogP contribution in [0.3, 0.4) is 0 Å². The van der Waals surface area contributed by atoms with E-state index in [-0.39, 0.29) is 18.2 Å². The minimum atomic E-state index is -1.24. The van der Waals surface area contributed by atoms with Crippen molar-refractivity contribution < 1.29 is 19.8 Å². The van der Waals surface area contributed by atoms with Gasteiger partial charge >= 0.3 is 0 Å². The maximum atomic E-state index is 11.6. The van der Waals surface area contributed by atoms with Gasteiger partial charge in [0.25, 0.3) is 0 Å². The van der Waals surface area contributed by atoms with Crippen LogP contribution in [0.1, 0.15) is 48.5 Å². The van der Waals surface area contributed by atoms with Crippen molar-refractivity contribution in [3.63, 3.8) is 0 Å². The average molecular weight is 322 g/mol. The molecule has 0 heterocycles. The molecule has 0 saturated carbocycles. The number of unbranched alkanes of at least 4 members (excludes halogenated alkanes) is 2. The maximum Gasteiger partial charge on any atom is 0.233 e. The fourth-order valence-electron chi connectivity index (χ4n) is 2.10. The van der Waals surface area contributed by atoms with Crippen molar-refractivity contribution in [1.82, 2.24) is 10.6 Å². The minimum Gasteiger partial charge on any atom is -0.368 e. The molecule has 6 nitrogen and oxygen atoms in total. The number of hydrogen-bond donors (Lipinski definition) is 4. The lowest BCUT2D eigenvalue weighted by atomic mass is 10.1. The van der Waals surface area contributed by atoms with Crippen LogP contribution in [0.15, 0.2) is 24.3 Å². The zero-order chi connectivity index (χ0) is 17.1. The fourth-order valence-corrected chi connectivity index (χ4v) is 2.10. The highest BCUT2D eigenvalue weighted by Crippen LogP contribution is 2.04. The van der Waals surface area contributed by atoms with Crippen LogP contribution in [-0.2, 0) is 11.3 Å². The zero-order valence-electron chi connectivity index (χ0n) is 13.5. The van der Waals surface area contributed by atoms with Crippen molar-refractivity contribution in [1.29, 1.82) is 0 Å². The summed E-state index contributed by atoms with van der Waals surface area (Å²) in [5.74, 6) is -0.0232. The molecule has 1 amide bonds. The van der Waals surface area contributed by atoms with Gasteiger partial charge in [0.05, 0.1) is 6.54 Å². The summed E-state index contributed by atoms with van der Waals surface area (Å²) in [6, 6.07) is 7.31. The van der Waals surface area contributed by atoms with E-state index in [0.717, 1.165) is 24.8 Å². The summed E-state index contributed by atoms with van der Waals surface area (Å²) in [7, 11) is 0. The standard InChI is InChI=1S/C17H26N2O4/c1-13(20)15-8-6-14(7-9-15)11-18-12-16(21)19-10-4-2-3-5-17(22)23/h6-9,17-18,22-23H,2-5,10-12H2,1H3,(H,19,21). The third kappa shape index (κ3) is 9.07. The van der Waals surface area contributed by atoms with Gasteiger partial charge in [-0.05, 0) is 31.7 Å². The molecule has 0 aliphatic heterocycles. The Bertz CT molecular complexity index is 486. The van der Waals surface area contributed by atoms with Crippen LogP contribution < -0.4 is 10.6 Å². The van der Waals surface area contributed by atoms with E-state index < -0.39 is 6.29 Å². The Balaban J connectivity index is 2.08. The zero-order valence-corrected chi connectivity index (χ0v) is 13.5. The van der Waals surface area contributed by atoms with Crippen molar-refractivity contribution in [2.24, 2.45) is 0 Å². The number of aliphatic hydroxyl groups is 2. The first-order chi connectivity index (χ1) is 11.0. The number of rotatable bonds is 11. The molecule has 0 fully saturated rings. The van der Waals surface area contributed by atoms with Crippen molar-refractivity contribution in [3.8, 4) is 0 Å². The summed E-state index contributed by atoms with van der Waals surface area (Å²) < 4.78 is 0. The van der Waals surface area contributed by atoms with Gasteiger partial charge in [-0.2, -0.15) is 0 Å². The normalized spacial score (nSPS) is 10.8. The monoisotopic (exact) mass is 322 g/mol.